The first-order valence-electron chi connectivity index (χ1n) is 4.73. The Balaban J connectivity index is 2.97. The number of methoxy groups -OCH3 is 1. The number of nitrogens with two attached hydrogens (primary N) is 1. The molecule has 0 heterocycles. The number of ketones is 1. The number of carbonyl (C=O) groups is 1. The molecule has 1 aromatic rings. The Morgan fingerprint density at radius 1 is 1.60 bits per heavy atom. The Morgan fingerprint density at radius 3 is 2.73 bits per heavy atom. The molecule has 82 valence electrons. The summed E-state index contributed by atoms with van der Waals surface area (Å²) in [5.74, 6) is -0.678. The Morgan fingerprint density at radius 2 is 2.27 bits per heavy atom. The first-order valence-corrected chi connectivity index (χ1v) is 4.73. The fourth-order valence-corrected chi connectivity index (χ4v) is 1.22. The summed E-state index contributed by atoms with van der Waals surface area (Å²) in [7, 11) is 1.37. The second-order valence-corrected chi connectivity index (χ2v) is 3.23. The minimum Gasteiger partial charge on any atom is -0.494 e. The van der Waals surface area contributed by atoms with Gasteiger partial charge in [0.1, 0.15) is 0 Å². The molecule has 0 bridgehead atoms. The van der Waals surface area contributed by atoms with E-state index >= 15 is 0 Å². The van der Waals surface area contributed by atoms with Crippen molar-refractivity contribution >= 4 is 5.78 Å². The van der Waals surface area contributed by atoms with Crippen LogP contribution in [0, 0.1) is 5.82 Å². The van der Waals surface area contributed by atoms with E-state index in [1.165, 1.54) is 19.2 Å². The van der Waals surface area contributed by atoms with Gasteiger partial charge in [-0.25, -0.2) is 4.39 Å². The van der Waals surface area contributed by atoms with Gasteiger partial charge in [0, 0.05) is 5.56 Å². The van der Waals surface area contributed by atoms with Crippen LogP contribution in [-0.4, -0.2) is 18.9 Å². The summed E-state index contributed by atoms with van der Waals surface area (Å²) < 4.78 is 18.0. The van der Waals surface area contributed by atoms with E-state index in [9.17, 15) is 9.18 Å². The van der Waals surface area contributed by atoms with E-state index in [-0.39, 0.29) is 17.1 Å². The summed E-state index contributed by atoms with van der Waals surface area (Å²) in [5.41, 5.74) is 5.85. The summed E-state index contributed by atoms with van der Waals surface area (Å²) in [5, 5.41) is 0. The Labute approximate surface area is 88.0 Å². The summed E-state index contributed by atoms with van der Waals surface area (Å²) in [6.07, 6.45) is 0.534. The van der Waals surface area contributed by atoms with Gasteiger partial charge < -0.3 is 10.5 Å². The summed E-state index contributed by atoms with van der Waals surface area (Å²) in [6, 6.07) is 3.51. The molecule has 0 saturated carbocycles. The van der Waals surface area contributed by atoms with Crippen molar-refractivity contribution < 1.29 is 13.9 Å². The zero-order valence-electron chi connectivity index (χ0n) is 8.79. The van der Waals surface area contributed by atoms with Gasteiger partial charge in [-0.1, -0.05) is 6.92 Å². The molecule has 15 heavy (non-hydrogen) atoms. The van der Waals surface area contributed by atoms with Crippen LogP contribution >= 0.6 is 0 Å². The highest BCUT2D eigenvalue weighted by molar-refractivity contribution is 6.00. The molecule has 1 rings (SSSR count). The van der Waals surface area contributed by atoms with Crippen LogP contribution in [0.5, 0.6) is 5.75 Å². The van der Waals surface area contributed by atoms with Gasteiger partial charge in [0.15, 0.2) is 17.3 Å². The minimum absolute atomic E-state index is 0.122. The number of ether oxygens (including phenoxy) is 1. The molecule has 1 unspecified atom stereocenters. The predicted octanol–water partition coefficient (Wildman–Crippen LogP) is 1.75. The number of rotatable bonds is 4. The van der Waals surface area contributed by atoms with E-state index in [0.717, 1.165) is 6.07 Å². The fraction of sp³-hybridized carbons (Fsp3) is 0.364. The molecule has 0 saturated heterocycles. The van der Waals surface area contributed by atoms with Crippen LogP contribution in [0.15, 0.2) is 18.2 Å². The van der Waals surface area contributed by atoms with Crippen LogP contribution in [0.3, 0.4) is 0 Å². The average molecular weight is 211 g/mol. The number of hydrogen-bond acceptors (Lipinski definition) is 3. The van der Waals surface area contributed by atoms with Crippen LogP contribution in [0.4, 0.5) is 4.39 Å². The monoisotopic (exact) mass is 211 g/mol. The van der Waals surface area contributed by atoms with Gasteiger partial charge in [0.2, 0.25) is 0 Å². The second kappa shape index (κ2) is 4.89. The van der Waals surface area contributed by atoms with Gasteiger partial charge in [-0.15, -0.1) is 0 Å². The molecule has 3 nitrogen and oxygen atoms in total. The van der Waals surface area contributed by atoms with Crippen LogP contribution < -0.4 is 10.5 Å². The number of hydrogen-bond donors (Lipinski definition) is 1. The maximum Gasteiger partial charge on any atom is 0.179 e. The fourth-order valence-electron chi connectivity index (χ4n) is 1.22. The predicted molar refractivity (Wildman–Crippen MR) is 55.5 cm³/mol. The number of halogens is 1. The summed E-state index contributed by atoms with van der Waals surface area (Å²) in [6.45, 7) is 1.81. The molecular formula is C11H14FNO2. The lowest BCUT2D eigenvalue weighted by Crippen LogP contribution is -2.29. The molecule has 0 radical (unpaired) electrons. The average Bonchev–Trinajstić information content (AvgIpc) is 2.26. The molecule has 0 aromatic heterocycles. The Hall–Kier alpha value is -1.42. The zero-order chi connectivity index (χ0) is 11.4. The lowest BCUT2D eigenvalue weighted by atomic mass is 10.0. The number of Topliss-reactive ketones (excluding diaryl/α,β-unsaturated/α-hetero) is 1. The van der Waals surface area contributed by atoms with Gasteiger partial charge in [0.05, 0.1) is 13.2 Å². The standard InChI is InChI=1S/C11H14FNO2/c1-3-9(13)11(14)7-4-5-10(15-2)8(12)6-7/h4-6,9H,3,13H2,1-2H3. The molecule has 2 N–H and O–H groups in total. The van der Waals surface area contributed by atoms with E-state index in [1.54, 1.807) is 0 Å². The molecule has 4 heteroatoms. The molecule has 1 atom stereocenters. The van der Waals surface area contributed by atoms with Crippen LogP contribution in [0.2, 0.25) is 0 Å². The highest BCUT2D eigenvalue weighted by Crippen LogP contribution is 2.18. The third-order valence-electron chi connectivity index (χ3n) is 2.21. The molecule has 0 spiro atoms. The summed E-state index contributed by atoms with van der Waals surface area (Å²) >= 11 is 0. The van der Waals surface area contributed by atoms with E-state index in [1.807, 2.05) is 6.92 Å². The van der Waals surface area contributed by atoms with E-state index in [4.69, 9.17) is 10.5 Å². The maximum atomic E-state index is 13.3. The first-order chi connectivity index (χ1) is 7.10. The smallest absolute Gasteiger partial charge is 0.179 e. The zero-order valence-corrected chi connectivity index (χ0v) is 8.79. The van der Waals surface area contributed by atoms with Crippen LogP contribution in [-0.2, 0) is 0 Å². The molecule has 1 aromatic carbocycles. The topological polar surface area (TPSA) is 52.3 Å². The largest absolute Gasteiger partial charge is 0.494 e. The Kier molecular flexibility index (Phi) is 3.80. The normalized spacial score (nSPS) is 12.3. The quantitative estimate of drug-likeness (QED) is 0.772. The lowest BCUT2D eigenvalue weighted by molar-refractivity contribution is 0.0959. The third kappa shape index (κ3) is 2.53. The highest BCUT2D eigenvalue weighted by atomic mass is 19.1. The van der Waals surface area contributed by atoms with Crippen molar-refractivity contribution in [2.45, 2.75) is 19.4 Å². The molecule has 0 aliphatic rings. The lowest BCUT2D eigenvalue weighted by Gasteiger charge is -2.08. The molecule has 0 aliphatic heterocycles. The van der Waals surface area contributed by atoms with Crippen molar-refractivity contribution in [2.75, 3.05) is 7.11 Å². The molecule has 0 aliphatic carbocycles. The van der Waals surface area contributed by atoms with Crippen LogP contribution in [0.25, 0.3) is 0 Å². The molecular weight excluding hydrogens is 197 g/mol. The van der Waals surface area contributed by atoms with Crippen molar-refractivity contribution in [2.24, 2.45) is 5.73 Å². The van der Waals surface area contributed by atoms with Crippen molar-refractivity contribution in [1.29, 1.82) is 0 Å². The van der Waals surface area contributed by atoms with Gasteiger partial charge in [-0.05, 0) is 24.6 Å². The molecule has 0 fully saturated rings. The maximum absolute atomic E-state index is 13.3. The van der Waals surface area contributed by atoms with Crippen LogP contribution in [0.1, 0.15) is 23.7 Å². The van der Waals surface area contributed by atoms with Crippen molar-refractivity contribution in [1.82, 2.24) is 0 Å². The van der Waals surface area contributed by atoms with Crippen molar-refractivity contribution in [3.63, 3.8) is 0 Å². The first kappa shape index (κ1) is 11.7. The number of benzene rings is 1. The second-order valence-electron chi connectivity index (χ2n) is 3.23. The number of carbonyl (C=O) groups excluding carboxylic acids is 1. The van der Waals surface area contributed by atoms with Gasteiger partial charge in [-0.3, -0.25) is 4.79 Å². The van der Waals surface area contributed by atoms with Gasteiger partial charge in [0.25, 0.3) is 0 Å². The van der Waals surface area contributed by atoms with Crippen molar-refractivity contribution in [3.05, 3.63) is 29.6 Å². The summed E-state index contributed by atoms with van der Waals surface area (Å²) in [4.78, 5) is 11.6. The van der Waals surface area contributed by atoms with E-state index in [2.05, 4.69) is 0 Å². The van der Waals surface area contributed by atoms with Gasteiger partial charge >= 0.3 is 0 Å². The minimum atomic E-state index is -0.571. The Bertz CT molecular complexity index is 366. The SMILES string of the molecule is CCC(N)C(=O)c1ccc(OC)c(F)c1. The van der Waals surface area contributed by atoms with E-state index in [0.29, 0.717) is 6.42 Å². The molecule has 0 amide bonds. The highest BCUT2D eigenvalue weighted by Gasteiger charge is 2.15. The van der Waals surface area contributed by atoms with E-state index < -0.39 is 11.9 Å². The third-order valence-corrected chi connectivity index (χ3v) is 2.21. The van der Waals surface area contributed by atoms with Crippen molar-refractivity contribution in [3.8, 4) is 5.75 Å². The van der Waals surface area contributed by atoms with Gasteiger partial charge in [-0.2, -0.15) is 0 Å².